The van der Waals surface area contributed by atoms with Crippen molar-refractivity contribution in [3.63, 3.8) is 0 Å². The van der Waals surface area contributed by atoms with Crippen LogP contribution in [0.5, 0.6) is 5.75 Å². The molecule has 1 atom stereocenters. The second kappa shape index (κ2) is 4.75. The molecule has 1 amide bonds. The van der Waals surface area contributed by atoms with Crippen molar-refractivity contribution in [3.05, 3.63) is 30.3 Å². The average Bonchev–Trinajstić information content (AvgIpc) is 3.14. The lowest BCUT2D eigenvalue weighted by Crippen LogP contribution is -2.53. The summed E-state index contributed by atoms with van der Waals surface area (Å²) in [5.41, 5.74) is 5.38. The van der Waals surface area contributed by atoms with Crippen LogP contribution < -0.4 is 15.8 Å². The minimum atomic E-state index is -0.434. The molecule has 1 aliphatic rings. The number of carbonyl (C=O) groups excluding carboxylic acids is 1. The number of hydrogen-bond acceptors (Lipinski definition) is 3. The van der Waals surface area contributed by atoms with E-state index in [2.05, 4.69) is 5.32 Å². The van der Waals surface area contributed by atoms with E-state index in [1.807, 2.05) is 25.1 Å². The summed E-state index contributed by atoms with van der Waals surface area (Å²) in [5.74, 6) is 1.02. The molecule has 1 aliphatic carbocycles. The number of ether oxygens (including phenoxy) is 1. The van der Waals surface area contributed by atoms with Gasteiger partial charge in [0.2, 0.25) is 0 Å². The maximum absolute atomic E-state index is 11.7. The Morgan fingerprint density at radius 2 is 2.12 bits per heavy atom. The zero-order valence-electron chi connectivity index (χ0n) is 9.98. The van der Waals surface area contributed by atoms with Gasteiger partial charge in [0.1, 0.15) is 5.75 Å². The number of amides is 1. The van der Waals surface area contributed by atoms with Gasteiger partial charge in [0, 0.05) is 6.54 Å². The molecule has 0 saturated heterocycles. The predicted molar refractivity (Wildman–Crippen MR) is 65.8 cm³/mol. The standard InChI is InChI=1S/C13H18N2O2/c1-13(9-14,10-7-8-10)15-12(16)17-11-5-3-2-4-6-11/h2-6,10H,7-9,14H2,1H3,(H,15,16). The fourth-order valence-electron chi connectivity index (χ4n) is 1.89. The maximum Gasteiger partial charge on any atom is 0.413 e. The summed E-state index contributed by atoms with van der Waals surface area (Å²) in [6, 6.07) is 9.02. The molecule has 92 valence electrons. The summed E-state index contributed by atoms with van der Waals surface area (Å²) in [5, 5.41) is 2.87. The first-order chi connectivity index (χ1) is 8.14. The maximum atomic E-state index is 11.7. The summed E-state index contributed by atoms with van der Waals surface area (Å²) >= 11 is 0. The molecular weight excluding hydrogens is 216 g/mol. The fraction of sp³-hybridized carbons (Fsp3) is 0.462. The van der Waals surface area contributed by atoms with Gasteiger partial charge in [-0.15, -0.1) is 0 Å². The van der Waals surface area contributed by atoms with Crippen molar-refractivity contribution in [3.8, 4) is 5.75 Å². The molecule has 0 aromatic heterocycles. The van der Waals surface area contributed by atoms with Gasteiger partial charge in [-0.25, -0.2) is 4.79 Å². The quantitative estimate of drug-likeness (QED) is 0.836. The van der Waals surface area contributed by atoms with Crippen LogP contribution in [-0.2, 0) is 0 Å². The van der Waals surface area contributed by atoms with Crippen molar-refractivity contribution in [2.45, 2.75) is 25.3 Å². The molecule has 0 heterocycles. The number of carbonyl (C=O) groups is 1. The number of nitrogens with two attached hydrogens (primary N) is 1. The third-order valence-corrected chi connectivity index (χ3v) is 3.24. The number of benzene rings is 1. The molecule has 0 radical (unpaired) electrons. The van der Waals surface area contributed by atoms with Crippen molar-refractivity contribution in [2.75, 3.05) is 6.54 Å². The lowest BCUT2D eigenvalue weighted by Gasteiger charge is -2.28. The van der Waals surface area contributed by atoms with Gasteiger partial charge in [-0.1, -0.05) is 18.2 Å². The monoisotopic (exact) mass is 234 g/mol. The molecule has 1 fully saturated rings. The van der Waals surface area contributed by atoms with Crippen LogP contribution in [0, 0.1) is 5.92 Å². The Morgan fingerprint density at radius 1 is 1.47 bits per heavy atom. The summed E-state index contributed by atoms with van der Waals surface area (Å²) in [4.78, 5) is 11.7. The summed E-state index contributed by atoms with van der Waals surface area (Å²) in [7, 11) is 0. The molecule has 4 heteroatoms. The minimum absolute atomic E-state index is 0.341. The van der Waals surface area contributed by atoms with E-state index in [0.29, 0.717) is 18.2 Å². The Morgan fingerprint density at radius 3 is 2.65 bits per heavy atom. The molecular formula is C13H18N2O2. The second-order valence-corrected chi connectivity index (χ2v) is 4.72. The molecule has 1 unspecified atom stereocenters. The van der Waals surface area contributed by atoms with Crippen LogP contribution in [0.4, 0.5) is 4.79 Å². The SMILES string of the molecule is CC(CN)(NC(=O)Oc1ccccc1)C1CC1. The topological polar surface area (TPSA) is 64.3 Å². The predicted octanol–water partition coefficient (Wildman–Crippen LogP) is 1.90. The lowest BCUT2D eigenvalue weighted by molar-refractivity contribution is 0.182. The van der Waals surface area contributed by atoms with Gasteiger partial charge in [0.15, 0.2) is 0 Å². The first-order valence-electron chi connectivity index (χ1n) is 5.89. The van der Waals surface area contributed by atoms with E-state index in [9.17, 15) is 4.79 Å². The molecule has 0 bridgehead atoms. The highest BCUT2D eigenvalue weighted by molar-refractivity contribution is 5.71. The van der Waals surface area contributed by atoms with Crippen molar-refractivity contribution in [1.82, 2.24) is 5.32 Å². The molecule has 1 aromatic carbocycles. The van der Waals surface area contributed by atoms with Crippen molar-refractivity contribution in [2.24, 2.45) is 11.7 Å². The van der Waals surface area contributed by atoms with Crippen LogP contribution in [0.2, 0.25) is 0 Å². The molecule has 17 heavy (non-hydrogen) atoms. The third kappa shape index (κ3) is 2.97. The van der Waals surface area contributed by atoms with Crippen molar-refractivity contribution in [1.29, 1.82) is 0 Å². The van der Waals surface area contributed by atoms with E-state index in [1.165, 1.54) is 0 Å². The largest absolute Gasteiger partial charge is 0.413 e. The van der Waals surface area contributed by atoms with Crippen LogP contribution >= 0.6 is 0 Å². The molecule has 1 aromatic rings. The Balaban J connectivity index is 1.92. The Bertz CT molecular complexity index is 390. The van der Waals surface area contributed by atoms with Gasteiger partial charge >= 0.3 is 6.09 Å². The van der Waals surface area contributed by atoms with Gasteiger partial charge in [0.05, 0.1) is 5.54 Å². The minimum Gasteiger partial charge on any atom is -0.410 e. The molecule has 2 rings (SSSR count). The van der Waals surface area contributed by atoms with E-state index in [0.717, 1.165) is 12.8 Å². The number of nitrogens with one attached hydrogen (secondary N) is 1. The average molecular weight is 234 g/mol. The smallest absolute Gasteiger partial charge is 0.410 e. The highest BCUT2D eigenvalue weighted by Crippen LogP contribution is 2.38. The van der Waals surface area contributed by atoms with Crippen LogP contribution in [0.25, 0.3) is 0 Å². The molecule has 0 aliphatic heterocycles. The van der Waals surface area contributed by atoms with Gasteiger partial charge in [-0.05, 0) is 37.8 Å². The van der Waals surface area contributed by atoms with Gasteiger partial charge < -0.3 is 15.8 Å². The number of para-hydroxylation sites is 1. The molecule has 1 saturated carbocycles. The van der Waals surface area contributed by atoms with Gasteiger partial charge in [0.25, 0.3) is 0 Å². The summed E-state index contributed by atoms with van der Waals surface area (Å²) < 4.78 is 5.18. The van der Waals surface area contributed by atoms with Gasteiger partial charge in [-0.3, -0.25) is 0 Å². The first-order valence-corrected chi connectivity index (χ1v) is 5.89. The van der Waals surface area contributed by atoms with E-state index in [4.69, 9.17) is 10.5 Å². The van der Waals surface area contributed by atoms with Crippen molar-refractivity contribution < 1.29 is 9.53 Å². The Kier molecular flexibility index (Phi) is 3.33. The third-order valence-electron chi connectivity index (χ3n) is 3.24. The Hall–Kier alpha value is -1.55. The number of hydrogen-bond donors (Lipinski definition) is 2. The van der Waals surface area contributed by atoms with Crippen LogP contribution in [0.15, 0.2) is 30.3 Å². The molecule has 4 nitrogen and oxygen atoms in total. The van der Waals surface area contributed by atoms with E-state index in [1.54, 1.807) is 12.1 Å². The summed E-state index contributed by atoms with van der Waals surface area (Å²) in [6.07, 6.45) is 1.81. The highest BCUT2D eigenvalue weighted by Gasteiger charge is 2.42. The van der Waals surface area contributed by atoms with Crippen LogP contribution in [-0.4, -0.2) is 18.2 Å². The van der Waals surface area contributed by atoms with Gasteiger partial charge in [-0.2, -0.15) is 0 Å². The molecule has 3 N–H and O–H groups in total. The zero-order chi connectivity index (χ0) is 12.3. The zero-order valence-corrected chi connectivity index (χ0v) is 9.98. The van der Waals surface area contributed by atoms with E-state index >= 15 is 0 Å². The molecule has 0 spiro atoms. The van der Waals surface area contributed by atoms with Crippen LogP contribution in [0.1, 0.15) is 19.8 Å². The normalized spacial score (nSPS) is 18.2. The highest BCUT2D eigenvalue weighted by atomic mass is 16.6. The first kappa shape index (κ1) is 11.9. The van der Waals surface area contributed by atoms with Crippen LogP contribution in [0.3, 0.4) is 0 Å². The summed E-state index contributed by atoms with van der Waals surface area (Å²) in [6.45, 7) is 2.40. The fourth-order valence-corrected chi connectivity index (χ4v) is 1.89. The van der Waals surface area contributed by atoms with E-state index < -0.39 is 6.09 Å². The lowest BCUT2D eigenvalue weighted by atomic mass is 9.96. The number of rotatable bonds is 4. The van der Waals surface area contributed by atoms with E-state index in [-0.39, 0.29) is 5.54 Å². The second-order valence-electron chi connectivity index (χ2n) is 4.72. The van der Waals surface area contributed by atoms with Crippen molar-refractivity contribution >= 4 is 6.09 Å². The Labute approximate surface area is 101 Å².